The molecule has 188 valence electrons. The number of likely N-dealkylation sites (tertiary alicyclic amines) is 1. The van der Waals surface area contributed by atoms with Crippen molar-refractivity contribution in [3.05, 3.63) is 73.2 Å². The number of alkyl halides is 2. The average molecular weight is 510 g/mol. The number of hydrogen-bond acceptors (Lipinski definition) is 7. The number of imidazole rings is 1. The minimum atomic E-state index is -2.62. The molecule has 1 aliphatic rings. The first-order valence-electron chi connectivity index (χ1n) is 12.2. The summed E-state index contributed by atoms with van der Waals surface area (Å²) in [4.78, 5) is 27.4. The Bertz CT molecular complexity index is 1780. The zero-order valence-corrected chi connectivity index (χ0v) is 20.1. The zero-order valence-electron chi connectivity index (χ0n) is 20.1. The molecule has 2 N–H and O–H groups in total. The molecule has 0 spiro atoms. The highest BCUT2D eigenvalue weighted by Gasteiger charge is 2.37. The Labute approximate surface area is 215 Å². The highest BCUT2D eigenvalue weighted by Crippen LogP contribution is 2.32. The summed E-state index contributed by atoms with van der Waals surface area (Å²) in [6, 6.07) is 7.73. The van der Waals surface area contributed by atoms with Gasteiger partial charge in [-0.2, -0.15) is 5.10 Å². The van der Waals surface area contributed by atoms with Crippen LogP contribution in [0.1, 0.15) is 12.0 Å². The predicted molar refractivity (Wildman–Crippen MR) is 138 cm³/mol. The normalized spacial score (nSPS) is 15.5. The molecule has 1 fully saturated rings. The van der Waals surface area contributed by atoms with Gasteiger partial charge in [-0.05, 0) is 35.4 Å². The van der Waals surface area contributed by atoms with Gasteiger partial charge in [0.15, 0.2) is 5.82 Å². The molecule has 9 nitrogen and oxygen atoms in total. The summed E-state index contributed by atoms with van der Waals surface area (Å²) >= 11 is 0. The Morgan fingerprint density at radius 1 is 0.921 bits per heavy atom. The van der Waals surface area contributed by atoms with E-state index in [1.165, 1.54) is 0 Å². The van der Waals surface area contributed by atoms with Crippen LogP contribution in [0.2, 0.25) is 0 Å². The third kappa shape index (κ3) is 4.06. The van der Waals surface area contributed by atoms with Crippen molar-refractivity contribution in [2.45, 2.75) is 18.9 Å². The zero-order chi connectivity index (χ0) is 25.7. The summed E-state index contributed by atoms with van der Waals surface area (Å²) in [5, 5.41) is 8.39. The van der Waals surface area contributed by atoms with Gasteiger partial charge in [-0.1, -0.05) is 0 Å². The van der Waals surface area contributed by atoms with E-state index in [2.05, 4.69) is 35.1 Å². The maximum Gasteiger partial charge on any atom is 0.261 e. The second-order valence-electron chi connectivity index (χ2n) is 9.49. The van der Waals surface area contributed by atoms with Gasteiger partial charge in [-0.15, -0.1) is 0 Å². The van der Waals surface area contributed by atoms with Gasteiger partial charge in [-0.25, -0.2) is 13.8 Å². The van der Waals surface area contributed by atoms with E-state index in [0.29, 0.717) is 30.3 Å². The van der Waals surface area contributed by atoms with Crippen LogP contribution in [0.3, 0.4) is 0 Å². The number of rotatable bonds is 5. The predicted octanol–water partition coefficient (Wildman–Crippen LogP) is 4.86. The van der Waals surface area contributed by atoms with Crippen LogP contribution in [-0.4, -0.2) is 64.0 Å². The first kappa shape index (κ1) is 22.5. The van der Waals surface area contributed by atoms with Gasteiger partial charge in [0.25, 0.3) is 5.92 Å². The topological polar surface area (TPSA) is 112 Å². The molecule has 0 unspecified atom stereocenters. The van der Waals surface area contributed by atoms with Crippen molar-refractivity contribution < 1.29 is 8.78 Å². The molecule has 1 aliphatic heterocycles. The van der Waals surface area contributed by atoms with Crippen molar-refractivity contribution in [3.63, 3.8) is 0 Å². The molecule has 0 saturated carbocycles. The third-order valence-electron chi connectivity index (χ3n) is 6.80. The number of nitrogens with zero attached hydrogens (tertiary/aromatic N) is 7. The van der Waals surface area contributed by atoms with Gasteiger partial charge in [-0.3, -0.25) is 29.9 Å². The third-order valence-corrected chi connectivity index (χ3v) is 6.80. The lowest BCUT2D eigenvalue weighted by Crippen LogP contribution is -2.24. The number of hydrogen-bond donors (Lipinski definition) is 2. The Morgan fingerprint density at radius 3 is 2.63 bits per heavy atom. The van der Waals surface area contributed by atoms with E-state index in [-0.39, 0.29) is 13.0 Å². The quantitative estimate of drug-likeness (QED) is 0.341. The SMILES string of the molecule is FC1(F)CCN(Cc2cncc(-c3cc4c(-c5nc6c(-c7ccncc7)cncc6[nH]5)n[nH]c4cn3)c2)C1. The number of H-pyrrole nitrogens is 2. The number of fused-ring (bicyclic) bond motifs is 2. The second kappa shape index (κ2) is 8.73. The molecule has 11 heteroatoms. The van der Waals surface area contributed by atoms with Crippen molar-refractivity contribution in [2.75, 3.05) is 13.1 Å². The lowest BCUT2D eigenvalue weighted by molar-refractivity contribution is 0.0115. The number of pyridine rings is 4. The molecule has 1 saturated heterocycles. The Kier molecular flexibility index (Phi) is 5.18. The second-order valence-corrected chi connectivity index (χ2v) is 9.49. The summed E-state index contributed by atoms with van der Waals surface area (Å²) in [5.74, 6) is -2.02. The molecule has 0 aromatic carbocycles. The van der Waals surface area contributed by atoms with Crippen LogP contribution in [0.25, 0.3) is 55.8 Å². The van der Waals surface area contributed by atoms with Gasteiger partial charge in [0.2, 0.25) is 0 Å². The molecular weight excluding hydrogens is 488 g/mol. The van der Waals surface area contributed by atoms with E-state index in [4.69, 9.17) is 4.98 Å². The van der Waals surface area contributed by atoms with E-state index in [1.54, 1.807) is 48.3 Å². The Morgan fingerprint density at radius 2 is 1.79 bits per heavy atom. The molecule has 0 amide bonds. The lowest BCUT2D eigenvalue weighted by atomic mass is 10.1. The first-order chi connectivity index (χ1) is 18.5. The number of halogens is 2. The fraction of sp³-hybridized carbons (Fsp3) is 0.185. The van der Waals surface area contributed by atoms with E-state index in [0.717, 1.165) is 44.2 Å². The first-order valence-corrected chi connectivity index (χ1v) is 12.2. The standard InChI is InChI=1S/C27H21F2N9/c28-27(29)3-6-38(15-27)14-16-7-18(10-31-9-16)21-8-19-22(13-33-21)36-37-25(19)26-34-23-12-32-11-20(24(23)35-26)17-1-4-30-5-2-17/h1-2,4-5,7-13H,3,6,14-15H2,(H,34,35)(H,36,37). The maximum atomic E-state index is 13.6. The lowest BCUT2D eigenvalue weighted by Gasteiger charge is -2.15. The fourth-order valence-electron chi connectivity index (χ4n) is 4.96. The van der Waals surface area contributed by atoms with Crippen LogP contribution in [0, 0.1) is 0 Å². The molecule has 0 bridgehead atoms. The molecule has 6 aromatic rings. The summed E-state index contributed by atoms with van der Waals surface area (Å²) in [6.07, 6.45) is 12.1. The highest BCUT2D eigenvalue weighted by molar-refractivity contribution is 5.97. The van der Waals surface area contributed by atoms with Crippen LogP contribution < -0.4 is 0 Å². The van der Waals surface area contributed by atoms with E-state index in [1.807, 2.05) is 24.3 Å². The van der Waals surface area contributed by atoms with E-state index in [9.17, 15) is 8.78 Å². The van der Waals surface area contributed by atoms with Crippen molar-refractivity contribution in [3.8, 4) is 33.9 Å². The van der Waals surface area contributed by atoms with Crippen molar-refractivity contribution in [1.29, 1.82) is 0 Å². The summed E-state index contributed by atoms with van der Waals surface area (Å²) in [7, 11) is 0. The molecule has 6 aromatic heterocycles. The van der Waals surface area contributed by atoms with Crippen molar-refractivity contribution in [2.24, 2.45) is 0 Å². The molecule has 7 heterocycles. The minimum absolute atomic E-state index is 0.108. The van der Waals surface area contributed by atoms with Crippen LogP contribution >= 0.6 is 0 Å². The van der Waals surface area contributed by atoms with Gasteiger partial charge in [0, 0.05) is 67.0 Å². The Hall–Kier alpha value is -4.64. The summed E-state index contributed by atoms with van der Waals surface area (Å²) < 4.78 is 27.2. The van der Waals surface area contributed by atoms with Crippen molar-refractivity contribution in [1.82, 2.24) is 45.0 Å². The highest BCUT2D eigenvalue weighted by atomic mass is 19.3. The molecule has 38 heavy (non-hydrogen) atoms. The molecule has 0 radical (unpaired) electrons. The summed E-state index contributed by atoms with van der Waals surface area (Å²) in [6.45, 7) is 0.563. The van der Waals surface area contributed by atoms with Crippen LogP contribution in [0.4, 0.5) is 8.78 Å². The van der Waals surface area contributed by atoms with Gasteiger partial charge < -0.3 is 4.98 Å². The number of aromatic amines is 2. The number of aromatic nitrogens is 8. The van der Waals surface area contributed by atoms with E-state index < -0.39 is 5.92 Å². The Balaban J connectivity index is 1.24. The largest absolute Gasteiger partial charge is 0.335 e. The minimum Gasteiger partial charge on any atom is -0.335 e. The maximum absolute atomic E-state index is 13.6. The van der Waals surface area contributed by atoms with Gasteiger partial charge in [0.05, 0.1) is 41.2 Å². The fourth-order valence-corrected chi connectivity index (χ4v) is 4.96. The van der Waals surface area contributed by atoms with E-state index >= 15 is 0 Å². The van der Waals surface area contributed by atoms with Gasteiger partial charge >= 0.3 is 0 Å². The van der Waals surface area contributed by atoms with Crippen LogP contribution in [0.15, 0.2) is 67.6 Å². The van der Waals surface area contributed by atoms with Crippen LogP contribution in [-0.2, 0) is 6.54 Å². The molecule has 7 rings (SSSR count). The number of nitrogens with one attached hydrogen (secondary N) is 2. The summed E-state index contributed by atoms with van der Waals surface area (Å²) in [5.41, 5.74) is 7.24. The monoisotopic (exact) mass is 509 g/mol. The van der Waals surface area contributed by atoms with Crippen molar-refractivity contribution >= 4 is 21.9 Å². The van der Waals surface area contributed by atoms with Gasteiger partial charge in [0.1, 0.15) is 5.69 Å². The average Bonchev–Trinajstić information content (AvgIpc) is 3.64. The van der Waals surface area contributed by atoms with Crippen LogP contribution in [0.5, 0.6) is 0 Å². The molecular formula is C27H21F2N9. The molecule has 0 aliphatic carbocycles. The molecule has 0 atom stereocenters. The smallest absolute Gasteiger partial charge is 0.261 e.